The second kappa shape index (κ2) is 8.49. The number of rotatable bonds is 6. The summed E-state index contributed by atoms with van der Waals surface area (Å²) in [6, 6.07) is 19.1. The fourth-order valence-corrected chi connectivity index (χ4v) is 2.89. The van der Waals surface area contributed by atoms with Crippen molar-refractivity contribution in [2.24, 2.45) is 0 Å². The van der Waals surface area contributed by atoms with Gasteiger partial charge in [0, 0.05) is 23.0 Å². The molecule has 138 valence electrons. The highest BCUT2D eigenvalue weighted by Gasteiger charge is 2.10. The van der Waals surface area contributed by atoms with Gasteiger partial charge in [-0.2, -0.15) is 0 Å². The fraction of sp³-hybridized carbons (Fsp3) is 0.217. The first-order valence-electron chi connectivity index (χ1n) is 9.13. The van der Waals surface area contributed by atoms with Gasteiger partial charge in [0.05, 0.1) is 7.11 Å². The highest BCUT2D eigenvalue weighted by atomic mass is 16.5. The summed E-state index contributed by atoms with van der Waals surface area (Å²) >= 11 is 0. The van der Waals surface area contributed by atoms with Gasteiger partial charge in [0.1, 0.15) is 11.4 Å². The molecule has 27 heavy (non-hydrogen) atoms. The number of anilines is 1. The van der Waals surface area contributed by atoms with Crippen LogP contribution in [-0.4, -0.2) is 18.0 Å². The maximum Gasteiger partial charge on any atom is 0.255 e. The van der Waals surface area contributed by atoms with Crippen molar-refractivity contribution < 1.29 is 9.53 Å². The van der Waals surface area contributed by atoms with E-state index >= 15 is 0 Å². The molecule has 4 nitrogen and oxygen atoms in total. The molecule has 0 saturated carbocycles. The van der Waals surface area contributed by atoms with E-state index < -0.39 is 0 Å². The molecule has 0 bridgehead atoms. The zero-order valence-electron chi connectivity index (χ0n) is 15.9. The lowest BCUT2D eigenvalue weighted by molar-refractivity contribution is 0.102. The zero-order chi connectivity index (χ0) is 19.2. The summed E-state index contributed by atoms with van der Waals surface area (Å²) in [5, 5.41) is 2.94. The van der Waals surface area contributed by atoms with Crippen LogP contribution >= 0.6 is 0 Å². The summed E-state index contributed by atoms with van der Waals surface area (Å²) in [5.74, 6) is 1.09. The van der Waals surface area contributed by atoms with E-state index in [2.05, 4.69) is 36.3 Å². The van der Waals surface area contributed by atoms with Gasteiger partial charge in [-0.1, -0.05) is 38.1 Å². The number of benzene rings is 2. The van der Waals surface area contributed by atoms with Gasteiger partial charge in [-0.3, -0.25) is 9.78 Å². The Morgan fingerprint density at radius 1 is 1.07 bits per heavy atom. The van der Waals surface area contributed by atoms with Crippen LogP contribution in [0.15, 0.2) is 66.9 Å². The fourth-order valence-electron chi connectivity index (χ4n) is 2.89. The molecule has 4 heteroatoms. The minimum absolute atomic E-state index is 0.133. The number of carbonyl (C=O) groups excluding carboxylic acids is 1. The molecule has 0 aliphatic rings. The molecule has 0 fully saturated rings. The number of amides is 1. The van der Waals surface area contributed by atoms with E-state index in [0.717, 1.165) is 23.4 Å². The van der Waals surface area contributed by atoms with Crippen LogP contribution in [0.5, 0.6) is 5.75 Å². The normalized spacial score (nSPS) is 11.7. The Morgan fingerprint density at radius 3 is 2.41 bits per heavy atom. The Morgan fingerprint density at radius 2 is 1.78 bits per heavy atom. The van der Waals surface area contributed by atoms with Gasteiger partial charge in [-0.15, -0.1) is 0 Å². The lowest BCUT2D eigenvalue weighted by Crippen LogP contribution is -2.11. The molecule has 3 aromatic rings. The maximum atomic E-state index is 12.5. The highest BCUT2D eigenvalue weighted by molar-refractivity contribution is 6.04. The van der Waals surface area contributed by atoms with Crippen LogP contribution in [0.2, 0.25) is 0 Å². The maximum absolute atomic E-state index is 12.5. The zero-order valence-corrected chi connectivity index (χ0v) is 15.9. The third kappa shape index (κ3) is 4.34. The van der Waals surface area contributed by atoms with E-state index in [1.54, 1.807) is 25.4 Å². The molecule has 1 unspecified atom stereocenters. The van der Waals surface area contributed by atoms with Gasteiger partial charge in [-0.25, -0.2) is 0 Å². The molecule has 0 saturated heterocycles. The van der Waals surface area contributed by atoms with Crippen LogP contribution in [0.4, 0.5) is 5.69 Å². The Balaban J connectivity index is 1.72. The van der Waals surface area contributed by atoms with Crippen LogP contribution < -0.4 is 10.1 Å². The lowest BCUT2D eigenvalue weighted by Gasteiger charge is -2.11. The highest BCUT2D eigenvalue weighted by Crippen LogP contribution is 2.27. The molecule has 1 N–H and O–H groups in total. The van der Waals surface area contributed by atoms with Crippen molar-refractivity contribution in [3.05, 3.63) is 78.0 Å². The largest absolute Gasteiger partial charge is 0.494 e. The van der Waals surface area contributed by atoms with E-state index in [1.807, 2.05) is 36.4 Å². The molecule has 0 aliphatic carbocycles. The second-order valence-electron chi connectivity index (χ2n) is 6.52. The monoisotopic (exact) mass is 360 g/mol. The number of methoxy groups -OCH3 is 1. The van der Waals surface area contributed by atoms with Gasteiger partial charge in [-0.05, 0) is 54.3 Å². The quantitative estimate of drug-likeness (QED) is 0.629. The van der Waals surface area contributed by atoms with Crippen LogP contribution in [-0.2, 0) is 0 Å². The van der Waals surface area contributed by atoms with Crippen LogP contribution in [0.25, 0.3) is 11.3 Å². The lowest BCUT2D eigenvalue weighted by atomic mass is 9.98. The SMILES string of the molecule is CCC(C)c1ccc(NC(=O)c2ccc(-c3ncccc3OC)cc2)cc1. The molecule has 3 rings (SSSR count). The average Bonchev–Trinajstić information content (AvgIpc) is 2.73. The number of pyridine rings is 1. The van der Waals surface area contributed by atoms with Crippen molar-refractivity contribution in [1.29, 1.82) is 0 Å². The predicted molar refractivity (Wildman–Crippen MR) is 109 cm³/mol. The summed E-state index contributed by atoms with van der Waals surface area (Å²) in [4.78, 5) is 16.9. The molecule has 0 radical (unpaired) electrons. The average molecular weight is 360 g/mol. The first-order chi connectivity index (χ1) is 13.1. The molecule has 0 aliphatic heterocycles. The summed E-state index contributed by atoms with van der Waals surface area (Å²) in [6.45, 7) is 4.37. The number of nitrogens with zero attached hydrogens (tertiary/aromatic N) is 1. The molecular formula is C23H24N2O2. The minimum atomic E-state index is -0.133. The summed E-state index contributed by atoms with van der Waals surface area (Å²) in [7, 11) is 1.62. The van der Waals surface area contributed by atoms with E-state index in [-0.39, 0.29) is 5.91 Å². The number of hydrogen-bond donors (Lipinski definition) is 1. The van der Waals surface area contributed by atoms with Crippen molar-refractivity contribution in [3.63, 3.8) is 0 Å². The molecule has 0 spiro atoms. The van der Waals surface area contributed by atoms with Gasteiger partial charge in [0.25, 0.3) is 5.91 Å². The van der Waals surface area contributed by atoms with Crippen LogP contribution in [0.1, 0.15) is 42.1 Å². The summed E-state index contributed by atoms with van der Waals surface area (Å²) in [6.07, 6.45) is 2.82. The molecular weight excluding hydrogens is 336 g/mol. The number of ether oxygens (including phenoxy) is 1. The van der Waals surface area contributed by atoms with E-state index in [0.29, 0.717) is 17.2 Å². The minimum Gasteiger partial charge on any atom is -0.494 e. The Labute approximate surface area is 160 Å². The smallest absolute Gasteiger partial charge is 0.255 e. The van der Waals surface area contributed by atoms with E-state index in [4.69, 9.17) is 4.74 Å². The van der Waals surface area contributed by atoms with Crippen LogP contribution in [0.3, 0.4) is 0 Å². The third-order valence-corrected chi connectivity index (χ3v) is 4.76. The standard InChI is InChI=1S/C23H24N2O2/c1-4-16(2)17-11-13-20(14-12-17)25-23(26)19-9-7-18(8-10-19)22-21(27-3)6-5-15-24-22/h5-16H,4H2,1-3H3,(H,25,26). The van der Waals surface area contributed by atoms with Crippen molar-refractivity contribution >= 4 is 11.6 Å². The third-order valence-electron chi connectivity index (χ3n) is 4.76. The number of carbonyl (C=O) groups is 1. The van der Waals surface area contributed by atoms with Gasteiger partial charge >= 0.3 is 0 Å². The van der Waals surface area contributed by atoms with Crippen molar-refractivity contribution in [3.8, 4) is 17.0 Å². The number of nitrogens with one attached hydrogen (secondary N) is 1. The van der Waals surface area contributed by atoms with Gasteiger partial charge < -0.3 is 10.1 Å². The Bertz CT molecular complexity index is 902. The topological polar surface area (TPSA) is 51.2 Å². The first-order valence-corrected chi connectivity index (χ1v) is 9.13. The first kappa shape index (κ1) is 18.6. The second-order valence-corrected chi connectivity index (χ2v) is 6.52. The van der Waals surface area contributed by atoms with Crippen molar-refractivity contribution in [1.82, 2.24) is 4.98 Å². The van der Waals surface area contributed by atoms with E-state index in [1.165, 1.54) is 5.56 Å². The molecule has 2 aromatic carbocycles. The summed E-state index contributed by atoms with van der Waals surface area (Å²) < 4.78 is 5.35. The number of hydrogen-bond acceptors (Lipinski definition) is 3. The molecule has 1 aromatic heterocycles. The Kier molecular flexibility index (Phi) is 5.87. The summed E-state index contributed by atoms with van der Waals surface area (Å²) in [5.41, 5.74) is 4.33. The molecule has 1 amide bonds. The Hall–Kier alpha value is -3.14. The molecule has 1 atom stereocenters. The van der Waals surface area contributed by atoms with Gasteiger partial charge in [0.2, 0.25) is 0 Å². The van der Waals surface area contributed by atoms with E-state index in [9.17, 15) is 4.79 Å². The van der Waals surface area contributed by atoms with Crippen LogP contribution in [0, 0.1) is 0 Å². The van der Waals surface area contributed by atoms with Crippen molar-refractivity contribution in [2.45, 2.75) is 26.2 Å². The van der Waals surface area contributed by atoms with Crippen molar-refractivity contribution in [2.75, 3.05) is 12.4 Å². The molecule has 1 heterocycles. The number of aromatic nitrogens is 1. The predicted octanol–water partition coefficient (Wildman–Crippen LogP) is 5.52. The van der Waals surface area contributed by atoms with Gasteiger partial charge in [0.15, 0.2) is 0 Å².